The van der Waals surface area contributed by atoms with Crippen molar-refractivity contribution in [1.29, 1.82) is 0 Å². The van der Waals surface area contributed by atoms with Gasteiger partial charge in [0.1, 0.15) is 5.82 Å². The predicted molar refractivity (Wildman–Crippen MR) is 95.2 cm³/mol. The summed E-state index contributed by atoms with van der Waals surface area (Å²) in [7, 11) is 0. The molecule has 6 heteroatoms. The molecule has 0 unspecified atom stereocenters. The summed E-state index contributed by atoms with van der Waals surface area (Å²) in [4.78, 5) is 16.7. The summed E-state index contributed by atoms with van der Waals surface area (Å²) in [5.41, 5.74) is 1.55. The van der Waals surface area contributed by atoms with E-state index in [1.165, 1.54) is 12.1 Å². The Morgan fingerprint density at radius 1 is 1.42 bits per heavy atom. The quantitative estimate of drug-likeness (QED) is 0.761. The maximum absolute atomic E-state index is 13.3. The lowest BCUT2D eigenvalue weighted by Crippen LogP contribution is -2.32. The molecule has 3 rings (SSSR count). The molecule has 3 atom stereocenters. The number of nitrogens with one attached hydrogen (secondary N) is 1. The van der Waals surface area contributed by atoms with Gasteiger partial charge in [0.15, 0.2) is 0 Å². The van der Waals surface area contributed by atoms with Gasteiger partial charge in [-0.05, 0) is 48.1 Å². The highest BCUT2D eigenvalue weighted by molar-refractivity contribution is 5.83. The molecule has 0 spiro atoms. The summed E-state index contributed by atoms with van der Waals surface area (Å²) in [5, 5.41) is 12.5. The Morgan fingerprint density at radius 2 is 2.27 bits per heavy atom. The van der Waals surface area contributed by atoms with E-state index in [0.29, 0.717) is 24.5 Å². The first-order valence-corrected chi connectivity index (χ1v) is 8.87. The molecule has 1 fully saturated rings. The molecule has 2 N–H and O–H groups in total. The van der Waals surface area contributed by atoms with Crippen molar-refractivity contribution in [3.63, 3.8) is 0 Å². The lowest BCUT2D eigenvalue weighted by Gasteiger charge is -2.17. The zero-order valence-electron chi connectivity index (χ0n) is 14.7. The van der Waals surface area contributed by atoms with Crippen LogP contribution in [0.1, 0.15) is 42.9 Å². The van der Waals surface area contributed by atoms with E-state index in [4.69, 9.17) is 4.74 Å². The summed E-state index contributed by atoms with van der Waals surface area (Å²) >= 11 is 0. The fourth-order valence-corrected chi connectivity index (χ4v) is 2.99. The molecule has 0 bridgehead atoms. The van der Waals surface area contributed by atoms with Crippen LogP contribution in [0.3, 0.4) is 0 Å². The van der Waals surface area contributed by atoms with Gasteiger partial charge < -0.3 is 15.2 Å². The summed E-state index contributed by atoms with van der Waals surface area (Å²) in [6.45, 7) is 2.39. The Morgan fingerprint density at radius 3 is 2.92 bits per heavy atom. The van der Waals surface area contributed by atoms with E-state index in [0.717, 1.165) is 12.0 Å². The van der Waals surface area contributed by atoms with Crippen molar-refractivity contribution < 1.29 is 19.0 Å². The van der Waals surface area contributed by atoms with Crippen molar-refractivity contribution in [1.82, 2.24) is 10.3 Å². The Kier molecular flexibility index (Phi) is 5.83. The molecule has 1 aliphatic rings. The van der Waals surface area contributed by atoms with E-state index in [2.05, 4.69) is 10.3 Å². The van der Waals surface area contributed by atoms with E-state index in [1.54, 1.807) is 24.4 Å². The van der Waals surface area contributed by atoms with Gasteiger partial charge in [-0.1, -0.05) is 19.1 Å². The van der Waals surface area contributed by atoms with Crippen LogP contribution in [0.15, 0.2) is 42.6 Å². The molecule has 0 saturated heterocycles. The molecule has 1 aromatic heterocycles. The largest absolute Gasteiger partial charge is 0.478 e. The minimum atomic E-state index is -0.524. The van der Waals surface area contributed by atoms with Crippen LogP contribution >= 0.6 is 0 Å². The maximum atomic E-state index is 13.3. The first kappa shape index (κ1) is 18.3. The number of rotatable bonds is 8. The van der Waals surface area contributed by atoms with Gasteiger partial charge in [0.25, 0.3) is 0 Å². The highest BCUT2D eigenvalue weighted by atomic mass is 19.1. The van der Waals surface area contributed by atoms with Crippen LogP contribution in [-0.2, 0) is 4.79 Å². The minimum absolute atomic E-state index is 0.0352. The van der Waals surface area contributed by atoms with Crippen molar-refractivity contribution in [2.45, 2.75) is 31.7 Å². The lowest BCUT2D eigenvalue weighted by molar-refractivity contribution is -0.123. The number of pyridine rings is 1. The molecule has 0 aliphatic heterocycles. The number of carbonyl (C=O) groups is 1. The zero-order chi connectivity index (χ0) is 18.5. The third-order valence-corrected chi connectivity index (χ3v) is 4.52. The van der Waals surface area contributed by atoms with Crippen LogP contribution in [0.5, 0.6) is 5.88 Å². The highest BCUT2D eigenvalue weighted by Crippen LogP contribution is 2.47. The number of carbonyl (C=O) groups excluding carboxylic acids is 1. The summed E-state index contributed by atoms with van der Waals surface area (Å²) in [6.07, 6.45) is 3.19. The Bertz CT molecular complexity index is 751. The number of benzene rings is 1. The van der Waals surface area contributed by atoms with Crippen LogP contribution in [0, 0.1) is 11.7 Å². The first-order valence-electron chi connectivity index (χ1n) is 8.87. The molecule has 26 heavy (non-hydrogen) atoms. The van der Waals surface area contributed by atoms with Gasteiger partial charge in [-0.3, -0.25) is 4.79 Å². The van der Waals surface area contributed by atoms with Gasteiger partial charge >= 0.3 is 0 Å². The van der Waals surface area contributed by atoms with Crippen LogP contribution in [0.4, 0.5) is 4.39 Å². The summed E-state index contributed by atoms with van der Waals surface area (Å²) in [5.74, 6) is -0.0613. The molecular weight excluding hydrogens is 335 g/mol. The zero-order valence-corrected chi connectivity index (χ0v) is 14.7. The van der Waals surface area contributed by atoms with E-state index in [-0.39, 0.29) is 30.2 Å². The lowest BCUT2D eigenvalue weighted by atomic mass is 10.1. The first-order chi connectivity index (χ1) is 12.6. The summed E-state index contributed by atoms with van der Waals surface area (Å²) in [6, 6.07) is 9.35. The van der Waals surface area contributed by atoms with Crippen LogP contribution in [0.2, 0.25) is 0 Å². The van der Waals surface area contributed by atoms with Gasteiger partial charge in [-0.2, -0.15) is 0 Å². The number of halogens is 1. The second-order valence-corrected chi connectivity index (χ2v) is 6.53. The number of nitrogens with zero attached hydrogens (tertiary/aromatic N) is 1. The molecule has 138 valence electrons. The normalized spacial score (nSPS) is 19.7. The van der Waals surface area contributed by atoms with Gasteiger partial charge in [0, 0.05) is 18.2 Å². The molecule has 1 saturated carbocycles. The van der Waals surface area contributed by atoms with Crippen LogP contribution in [0.25, 0.3) is 0 Å². The van der Waals surface area contributed by atoms with Crippen molar-refractivity contribution in [2.75, 3.05) is 13.2 Å². The van der Waals surface area contributed by atoms with Crippen molar-refractivity contribution in [3.05, 3.63) is 59.5 Å². The number of amides is 1. The Balaban J connectivity index is 1.59. The maximum Gasteiger partial charge on any atom is 0.224 e. The van der Waals surface area contributed by atoms with Crippen LogP contribution in [-0.4, -0.2) is 29.2 Å². The monoisotopic (exact) mass is 358 g/mol. The van der Waals surface area contributed by atoms with Gasteiger partial charge in [0.2, 0.25) is 11.8 Å². The highest BCUT2D eigenvalue weighted by Gasteiger charge is 2.44. The van der Waals surface area contributed by atoms with Crippen LogP contribution < -0.4 is 10.1 Å². The molecule has 1 heterocycles. The van der Waals surface area contributed by atoms with E-state index in [9.17, 15) is 14.3 Å². The second kappa shape index (κ2) is 8.27. The Labute approximate surface area is 152 Å². The second-order valence-electron chi connectivity index (χ2n) is 6.53. The average molecular weight is 358 g/mol. The predicted octanol–water partition coefficient (Wildman–Crippen LogP) is 2.96. The van der Waals surface area contributed by atoms with E-state index in [1.807, 2.05) is 13.0 Å². The molecule has 0 radical (unpaired) electrons. The number of aliphatic hydroxyl groups excluding tert-OH is 1. The van der Waals surface area contributed by atoms with E-state index < -0.39 is 6.04 Å². The Hall–Kier alpha value is -2.47. The van der Waals surface area contributed by atoms with Crippen molar-refractivity contribution in [3.8, 4) is 5.88 Å². The molecular formula is C20H23FN2O3. The average Bonchev–Trinajstić information content (AvgIpc) is 3.46. The van der Waals surface area contributed by atoms with Gasteiger partial charge in [-0.15, -0.1) is 0 Å². The number of hydrogen-bond donors (Lipinski definition) is 2. The third-order valence-electron chi connectivity index (χ3n) is 4.52. The van der Waals surface area contributed by atoms with Crippen molar-refractivity contribution in [2.24, 2.45) is 5.92 Å². The standard InChI is InChI=1S/C20H23FN2O3/c1-2-8-26-19-7-6-14(11-22-19)18(12-24)23-20(25)17-10-16(17)13-4-3-5-15(21)9-13/h3-7,9,11,16-18,24H,2,8,10,12H2,1H3,(H,23,25)/t16-,17+,18+/m1/s1. The number of aliphatic hydroxyl groups is 1. The van der Waals surface area contributed by atoms with Crippen molar-refractivity contribution >= 4 is 5.91 Å². The SMILES string of the molecule is CCCOc1ccc([C@H](CO)NC(=O)[C@H]2C[C@@H]2c2cccc(F)c2)cn1. The van der Waals surface area contributed by atoms with Gasteiger partial charge in [-0.25, -0.2) is 9.37 Å². The van der Waals surface area contributed by atoms with E-state index >= 15 is 0 Å². The smallest absolute Gasteiger partial charge is 0.224 e. The molecule has 1 amide bonds. The molecule has 5 nitrogen and oxygen atoms in total. The minimum Gasteiger partial charge on any atom is -0.478 e. The third kappa shape index (κ3) is 4.38. The fourth-order valence-electron chi connectivity index (χ4n) is 2.99. The topological polar surface area (TPSA) is 71.5 Å². The number of aromatic nitrogens is 1. The molecule has 2 aromatic rings. The van der Waals surface area contributed by atoms with Gasteiger partial charge in [0.05, 0.1) is 19.3 Å². The molecule has 1 aromatic carbocycles. The summed E-state index contributed by atoms with van der Waals surface area (Å²) < 4.78 is 18.8. The fraction of sp³-hybridized carbons (Fsp3) is 0.400. The molecule has 1 aliphatic carbocycles. The number of hydrogen-bond acceptors (Lipinski definition) is 4. The number of ether oxygens (including phenoxy) is 1.